The van der Waals surface area contributed by atoms with Gasteiger partial charge < -0.3 is 9.47 Å². The molecule has 2 aromatic carbocycles. The van der Waals surface area contributed by atoms with Crippen LogP contribution in [0.3, 0.4) is 0 Å². The summed E-state index contributed by atoms with van der Waals surface area (Å²) in [6.45, 7) is 1.99. The molecule has 0 aliphatic heterocycles. The molecule has 0 aromatic heterocycles. The van der Waals surface area contributed by atoms with Crippen LogP contribution in [0.25, 0.3) is 11.6 Å². The number of allylic oxidation sites excluding steroid dienone is 1. The minimum atomic E-state index is 0.498. The number of rotatable bonds is 4. The highest BCUT2D eigenvalue weighted by Crippen LogP contribution is 2.34. The van der Waals surface area contributed by atoms with Crippen LogP contribution in [0, 0.1) is 18.3 Å². The molecule has 3 nitrogen and oxygen atoms in total. The molecule has 0 amide bonds. The second kappa shape index (κ2) is 7.02. The van der Waals surface area contributed by atoms with E-state index in [4.69, 9.17) is 21.1 Å². The highest BCUT2D eigenvalue weighted by atomic mass is 35.5. The molecule has 0 spiro atoms. The monoisotopic (exact) mass is 313 g/mol. The molecule has 0 radical (unpaired) electrons. The van der Waals surface area contributed by atoms with Crippen molar-refractivity contribution >= 4 is 23.3 Å². The Hall–Kier alpha value is -2.44. The van der Waals surface area contributed by atoms with Crippen LogP contribution in [0.2, 0.25) is 5.02 Å². The van der Waals surface area contributed by atoms with Crippen molar-refractivity contribution in [3.8, 4) is 17.6 Å². The van der Waals surface area contributed by atoms with E-state index in [1.807, 2.05) is 31.2 Å². The predicted octanol–water partition coefficient (Wildman–Crippen LogP) is 4.73. The maximum Gasteiger partial charge on any atom is 0.162 e. The van der Waals surface area contributed by atoms with Crippen LogP contribution in [-0.4, -0.2) is 14.2 Å². The van der Waals surface area contributed by atoms with Gasteiger partial charge in [-0.15, -0.1) is 0 Å². The fraction of sp³-hybridized carbons (Fsp3) is 0.167. The number of aryl methyl sites for hydroxylation is 1. The predicted molar refractivity (Wildman–Crippen MR) is 89.2 cm³/mol. The number of methoxy groups -OCH3 is 2. The van der Waals surface area contributed by atoms with Crippen LogP contribution in [-0.2, 0) is 0 Å². The van der Waals surface area contributed by atoms with Gasteiger partial charge in [-0.2, -0.15) is 5.26 Å². The van der Waals surface area contributed by atoms with E-state index < -0.39 is 0 Å². The fourth-order valence-corrected chi connectivity index (χ4v) is 2.34. The molecule has 22 heavy (non-hydrogen) atoms. The largest absolute Gasteiger partial charge is 0.493 e. The van der Waals surface area contributed by atoms with E-state index in [1.54, 1.807) is 32.4 Å². The van der Waals surface area contributed by atoms with Crippen molar-refractivity contribution in [1.82, 2.24) is 0 Å². The zero-order valence-corrected chi connectivity index (χ0v) is 13.4. The molecule has 0 saturated heterocycles. The van der Waals surface area contributed by atoms with E-state index in [-0.39, 0.29) is 0 Å². The molecule has 4 heteroatoms. The first-order valence-electron chi connectivity index (χ1n) is 6.69. The molecule has 112 valence electrons. The standard InChI is InChI=1S/C18H16ClNO2/c1-12-5-4-6-13(7-12)15(11-20)8-14-9-17(21-2)18(22-3)10-16(14)19/h4-10H,1-3H3/b15-8-. The lowest BCUT2D eigenvalue weighted by Gasteiger charge is -2.10. The van der Waals surface area contributed by atoms with Crippen molar-refractivity contribution in [2.45, 2.75) is 6.92 Å². The second-order valence-corrected chi connectivity index (χ2v) is 5.18. The average Bonchev–Trinajstić information content (AvgIpc) is 2.53. The van der Waals surface area contributed by atoms with E-state index in [1.165, 1.54) is 0 Å². The van der Waals surface area contributed by atoms with Gasteiger partial charge in [0.2, 0.25) is 0 Å². The highest BCUT2D eigenvalue weighted by Gasteiger charge is 2.10. The summed E-state index contributed by atoms with van der Waals surface area (Å²) in [5.74, 6) is 1.12. The summed E-state index contributed by atoms with van der Waals surface area (Å²) >= 11 is 6.27. The molecule has 0 N–H and O–H groups in total. The van der Waals surface area contributed by atoms with Gasteiger partial charge in [0.05, 0.1) is 30.9 Å². The van der Waals surface area contributed by atoms with Gasteiger partial charge in [0.25, 0.3) is 0 Å². The summed E-state index contributed by atoms with van der Waals surface area (Å²) in [5, 5.41) is 9.93. The first-order valence-corrected chi connectivity index (χ1v) is 7.07. The molecule has 0 fully saturated rings. The number of halogens is 1. The fourth-order valence-electron chi connectivity index (χ4n) is 2.13. The van der Waals surface area contributed by atoms with E-state index in [9.17, 15) is 5.26 Å². The molecule has 2 aromatic rings. The van der Waals surface area contributed by atoms with Crippen molar-refractivity contribution in [2.75, 3.05) is 14.2 Å². The van der Waals surface area contributed by atoms with Crippen molar-refractivity contribution in [2.24, 2.45) is 0 Å². The van der Waals surface area contributed by atoms with Gasteiger partial charge in [-0.1, -0.05) is 41.4 Å². The maximum absolute atomic E-state index is 9.43. The number of hydrogen-bond donors (Lipinski definition) is 0. The van der Waals surface area contributed by atoms with Gasteiger partial charge in [0.1, 0.15) is 0 Å². The van der Waals surface area contributed by atoms with Gasteiger partial charge >= 0.3 is 0 Å². The summed E-state index contributed by atoms with van der Waals surface area (Å²) in [5.41, 5.74) is 3.20. The third-order valence-electron chi connectivity index (χ3n) is 3.25. The SMILES string of the molecule is COc1cc(Cl)c(/C=C(/C#N)c2cccc(C)c2)cc1OC. The summed E-state index contributed by atoms with van der Waals surface area (Å²) in [6, 6.07) is 13.4. The lowest BCUT2D eigenvalue weighted by atomic mass is 10.0. The molecule has 0 aliphatic carbocycles. The van der Waals surface area contributed by atoms with Crippen LogP contribution in [0.1, 0.15) is 16.7 Å². The lowest BCUT2D eigenvalue weighted by molar-refractivity contribution is 0.355. The molecule has 0 heterocycles. The van der Waals surface area contributed by atoms with Crippen LogP contribution >= 0.6 is 11.6 Å². The van der Waals surface area contributed by atoms with Crippen LogP contribution in [0.15, 0.2) is 36.4 Å². The number of benzene rings is 2. The third kappa shape index (κ3) is 3.41. The second-order valence-electron chi connectivity index (χ2n) is 4.77. The Bertz CT molecular complexity index is 760. The smallest absolute Gasteiger partial charge is 0.162 e. The minimum absolute atomic E-state index is 0.498. The molecule has 0 atom stereocenters. The Balaban J connectivity index is 2.53. The van der Waals surface area contributed by atoms with Crippen LogP contribution in [0.4, 0.5) is 0 Å². The van der Waals surface area contributed by atoms with Crippen LogP contribution in [0.5, 0.6) is 11.5 Å². The highest BCUT2D eigenvalue weighted by molar-refractivity contribution is 6.32. The Labute approximate surface area is 135 Å². The Morgan fingerprint density at radius 1 is 1.14 bits per heavy atom. The molecule has 0 aliphatic rings. The third-order valence-corrected chi connectivity index (χ3v) is 3.58. The summed E-state index contributed by atoms with van der Waals surface area (Å²) in [7, 11) is 3.11. The zero-order valence-electron chi connectivity index (χ0n) is 12.7. The average molecular weight is 314 g/mol. The molecular weight excluding hydrogens is 298 g/mol. The van der Waals surface area contributed by atoms with Crippen LogP contribution < -0.4 is 9.47 Å². The minimum Gasteiger partial charge on any atom is -0.493 e. The topological polar surface area (TPSA) is 42.2 Å². The van der Waals surface area contributed by atoms with Crippen molar-refractivity contribution in [3.63, 3.8) is 0 Å². The van der Waals surface area contributed by atoms with E-state index in [0.717, 1.165) is 11.1 Å². The summed E-state index contributed by atoms with van der Waals surface area (Å²) < 4.78 is 10.5. The quantitative estimate of drug-likeness (QED) is 0.605. The summed E-state index contributed by atoms with van der Waals surface area (Å²) in [4.78, 5) is 0. The van der Waals surface area contributed by atoms with Crippen molar-refractivity contribution in [1.29, 1.82) is 5.26 Å². The Kier molecular flexibility index (Phi) is 5.08. The van der Waals surface area contributed by atoms with Crippen molar-refractivity contribution < 1.29 is 9.47 Å². The van der Waals surface area contributed by atoms with Gasteiger partial charge in [0, 0.05) is 6.07 Å². The summed E-state index contributed by atoms with van der Waals surface area (Å²) in [6.07, 6.45) is 1.75. The van der Waals surface area contributed by atoms with E-state index in [2.05, 4.69) is 6.07 Å². The molecule has 2 rings (SSSR count). The van der Waals surface area contributed by atoms with Gasteiger partial charge in [-0.05, 0) is 30.2 Å². The Morgan fingerprint density at radius 3 is 2.41 bits per heavy atom. The van der Waals surface area contributed by atoms with E-state index >= 15 is 0 Å². The molecule has 0 unspecified atom stereocenters. The molecule has 0 saturated carbocycles. The zero-order chi connectivity index (χ0) is 16.1. The van der Waals surface area contributed by atoms with Crippen molar-refractivity contribution in [3.05, 3.63) is 58.1 Å². The number of ether oxygens (including phenoxy) is 2. The maximum atomic E-state index is 9.43. The molecule has 0 bridgehead atoms. The van der Waals surface area contributed by atoms with Gasteiger partial charge in [-0.25, -0.2) is 0 Å². The normalized spacial score (nSPS) is 11.0. The first kappa shape index (κ1) is 15.9. The van der Waals surface area contributed by atoms with Gasteiger partial charge in [0.15, 0.2) is 11.5 Å². The lowest BCUT2D eigenvalue weighted by Crippen LogP contribution is -1.92. The number of nitriles is 1. The van der Waals surface area contributed by atoms with E-state index in [0.29, 0.717) is 27.7 Å². The molecular formula is C18H16ClNO2. The van der Waals surface area contributed by atoms with Gasteiger partial charge in [-0.3, -0.25) is 0 Å². The number of nitrogens with zero attached hydrogens (tertiary/aromatic N) is 1. The Morgan fingerprint density at radius 2 is 1.82 bits per heavy atom. The number of hydrogen-bond acceptors (Lipinski definition) is 3. The first-order chi connectivity index (χ1) is 10.6.